The number of nitrogens with two attached hydrogens (primary N) is 1. The van der Waals surface area contributed by atoms with Crippen LogP contribution in [-0.2, 0) is 11.3 Å². The number of halogens is 3. The molecule has 2 heterocycles. The molecule has 0 bridgehead atoms. The van der Waals surface area contributed by atoms with Gasteiger partial charge in [0.25, 0.3) is 5.56 Å². The van der Waals surface area contributed by atoms with Crippen LogP contribution in [0.15, 0.2) is 57.9 Å². The minimum atomic E-state index is -4.81. The summed E-state index contributed by atoms with van der Waals surface area (Å²) in [7, 11) is 0. The first kappa shape index (κ1) is 19.0. The average molecular weight is 394 g/mol. The van der Waals surface area contributed by atoms with E-state index in [1.165, 1.54) is 24.5 Å². The summed E-state index contributed by atoms with van der Waals surface area (Å²) in [4.78, 5) is 24.3. The van der Waals surface area contributed by atoms with Crippen LogP contribution in [0.25, 0.3) is 11.5 Å². The van der Waals surface area contributed by atoms with Crippen molar-refractivity contribution in [3.05, 3.63) is 59.1 Å². The largest absolute Gasteiger partial charge is 0.573 e. The van der Waals surface area contributed by atoms with E-state index in [-0.39, 0.29) is 17.1 Å². The first-order valence-electron chi connectivity index (χ1n) is 7.78. The van der Waals surface area contributed by atoms with Gasteiger partial charge in [0.15, 0.2) is 5.76 Å². The van der Waals surface area contributed by atoms with Gasteiger partial charge < -0.3 is 20.2 Å². The van der Waals surface area contributed by atoms with Gasteiger partial charge in [-0.3, -0.25) is 9.59 Å². The van der Waals surface area contributed by atoms with Crippen molar-refractivity contribution in [2.24, 2.45) is 0 Å². The SMILES string of the molecule is Nc1cc(-c2ccco2)nn(CC(=O)Nc2ccc(OC(F)(F)F)cc2)c1=O. The summed E-state index contributed by atoms with van der Waals surface area (Å²) < 4.78 is 46.3. The molecule has 0 atom stereocenters. The maximum atomic E-state index is 12.2. The Labute approximate surface area is 155 Å². The van der Waals surface area contributed by atoms with Gasteiger partial charge in [-0.15, -0.1) is 13.2 Å². The standard InChI is InChI=1S/C17H13F3N4O4/c18-17(19,20)28-11-5-3-10(4-6-11)22-15(25)9-24-16(26)12(21)8-13(23-24)14-2-1-7-27-14/h1-8H,9,21H2,(H,22,25). The van der Waals surface area contributed by atoms with Crippen molar-refractivity contribution in [2.45, 2.75) is 12.9 Å². The number of nitrogens with one attached hydrogen (secondary N) is 1. The molecule has 2 aromatic heterocycles. The predicted octanol–water partition coefficient (Wildman–Crippen LogP) is 2.62. The molecule has 0 saturated carbocycles. The molecule has 1 amide bonds. The average Bonchev–Trinajstić information content (AvgIpc) is 3.14. The number of carbonyl (C=O) groups is 1. The van der Waals surface area contributed by atoms with Crippen molar-refractivity contribution < 1.29 is 27.1 Å². The highest BCUT2D eigenvalue weighted by molar-refractivity contribution is 5.90. The molecule has 0 spiro atoms. The van der Waals surface area contributed by atoms with Gasteiger partial charge in [-0.1, -0.05) is 0 Å². The number of benzene rings is 1. The number of amides is 1. The predicted molar refractivity (Wildman–Crippen MR) is 92.4 cm³/mol. The van der Waals surface area contributed by atoms with E-state index in [0.717, 1.165) is 16.8 Å². The highest BCUT2D eigenvalue weighted by Gasteiger charge is 2.30. The second kappa shape index (κ2) is 7.47. The Hall–Kier alpha value is -3.76. The van der Waals surface area contributed by atoms with E-state index in [4.69, 9.17) is 10.2 Å². The van der Waals surface area contributed by atoms with Gasteiger partial charge >= 0.3 is 6.36 Å². The summed E-state index contributed by atoms with van der Waals surface area (Å²) in [6, 6.07) is 9.11. The van der Waals surface area contributed by atoms with Crippen LogP contribution < -0.4 is 21.3 Å². The third-order valence-corrected chi connectivity index (χ3v) is 3.44. The number of hydrogen-bond donors (Lipinski definition) is 2. The maximum absolute atomic E-state index is 12.2. The maximum Gasteiger partial charge on any atom is 0.573 e. The first-order chi connectivity index (χ1) is 13.2. The van der Waals surface area contributed by atoms with Crippen LogP contribution in [0.2, 0.25) is 0 Å². The third kappa shape index (κ3) is 4.69. The summed E-state index contributed by atoms with van der Waals surface area (Å²) in [5.74, 6) is -0.696. The molecule has 0 radical (unpaired) electrons. The molecule has 8 nitrogen and oxygen atoms in total. The van der Waals surface area contributed by atoms with Crippen LogP contribution in [0.4, 0.5) is 24.5 Å². The number of ether oxygens (including phenoxy) is 1. The number of alkyl halides is 3. The Morgan fingerprint density at radius 3 is 2.57 bits per heavy atom. The van der Waals surface area contributed by atoms with E-state index in [9.17, 15) is 22.8 Å². The lowest BCUT2D eigenvalue weighted by Gasteiger charge is -2.11. The zero-order valence-electron chi connectivity index (χ0n) is 14.1. The Bertz CT molecular complexity index is 1030. The van der Waals surface area contributed by atoms with E-state index in [2.05, 4.69) is 15.2 Å². The quantitative estimate of drug-likeness (QED) is 0.688. The minimum absolute atomic E-state index is 0.122. The number of carbonyl (C=O) groups excluding carboxylic acids is 1. The molecule has 11 heteroatoms. The Balaban J connectivity index is 1.72. The van der Waals surface area contributed by atoms with Gasteiger partial charge in [0, 0.05) is 5.69 Å². The second-order valence-corrected chi connectivity index (χ2v) is 5.55. The molecule has 0 aliphatic rings. The van der Waals surface area contributed by atoms with Crippen molar-refractivity contribution in [2.75, 3.05) is 11.1 Å². The molecular formula is C17H13F3N4O4. The van der Waals surface area contributed by atoms with Gasteiger partial charge in [0.1, 0.15) is 23.7 Å². The molecule has 0 saturated heterocycles. The van der Waals surface area contributed by atoms with Crippen LogP contribution in [0.1, 0.15) is 0 Å². The number of anilines is 2. The molecule has 28 heavy (non-hydrogen) atoms. The van der Waals surface area contributed by atoms with Gasteiger partial charge in [-0.25, -0.2) is 4.68 Å². The van der Waals surface area contributed by atoms with Crippen molar-refractivity contribution in [1.29, 1.82) is 0 Å². The van der Waals surface area contributed by atoms with Crippen LogP contribution in [0.3, 0.4) is 0 Å². The zero-order valence-corrected chi connectivity index (χ0v) is 14.1. The van der Waals surface area contributed by atoms with Crippen LogP contribution >= 0.6 is 0 Å². The molecule has 0 unspecified atom stereocenters. The van der Waals surface area contributed by atoms with Crippen LogP contribution in [-0.4, -0.2) is 22.1 Å². The number of furan rings is 1. The van der Waals surface area contributed by atoms with Crippen molar-refractivity contribution in [1.82, 2.24) is 9.78 Å². The van der Waals surface area contributed by atoms with Crippen molar-refractivity contribution in [3.8, 4) is 17.2 Å². The highest BCUT2D eigenvalue weighted by Crippen LogP contribution is 2.24. The highest BCUT2D eigenvalue weighted by atomic mass is 19.4. The third-order valence-electron chi connectivity index (χ3n) is 3.44. The second-order valence-electron chi connectivity index (χ2n) is 5.55. The van der Waals surface area contributed by atoms with Gasteiger partial charge in [-0.05, 0) is 42.5 Å². The van der Waals surface area contributed by atoms with E-state index in [1.54, 1.807) is 12.1 Å². The molecule has 0 aliphatic heterocycles. The molecule has 3 rings (SSSR count). The molecule has 146 valence electrons. The van der Waals surface area contributed by atoms with Gasteiger partial charge in [0.2, 0.25) is 5.91 Å². The van der Waals surface area contributed by atoms with Crippen molar-refractivity contribution in [3.63, 3.8) is 0 Å². The van der Waals surface area contributed by atoms with Gasteiger partial charge in [-0.2, -0.15) is 5.10 Å². The van der Waals surface area contributed by atoms with Crippen LogP contribution in [0, 0.1) is 0 Å². The zero-order chi connectivity index (χ0) is 20.3. The number of nitrogen functional groups attached to an aromatic ring is 1. The molecule has 3 aromatic rings. The normalized spacial score (nSPS) is 11.2. The number of aromatic nitrogens is 2. The Morgan fingerprint density at radius 2 is 1.96 bits per heavy atom. The molecule has 0 fully saturated rings. The summed E-state index contributed by atoms with van der Waals surface area (Å²) in [6.45, 7) is -0.460. The number of hydrogen-bond acceptors (Lipinski definition) is 6. The topological polar surface area (TPSA) is 112 Å². The summed E-state index contributed by atoms with van der Waals surface area (Å²) in [6.07, 6.45) is -3.39. The number of nitrogens with zero attached hydrogens (tertiary/aromatic N) is 2. The monoisotopic (exact) mass is 394 g/mol. The molecule has 0 aliphatic carbocycles. The molecule has 1 aromatic carbocycles. The molecule has 3 N–H and O–H groups in total. The van der Waals surface area contributed by atoms with E-state index in [1.807, 2.05) is 0 Å². The van der Waals surface area contributed by atoms with E-state index in [0.29, 0.717) is 5.76 Å². The summed E-state index contributed by atoms with van der Waals surface area (Å²) in [5.41, 5.74) is 5.36. The summed E-state index contributed by atoms with van der Waals surface area (Å²) in [5, 5.41) is 6.48. The smallest absolute Gasteiger partial charge is 0.463 e. The van der Waals surface area contributed by atoms with E-state index < -0.39 is 30.1 Å². The Morgan fingerprint density at radius 1 is 1.25 bits per heavy atom. The fraction of sp³-hybridized carbons (Fsp3) is 0.118. The van der Waals surface area contributed by atoms with Gasteiger partial charge in [0.05, 0.1) is 6.26 Å². The first-order valence-corrected chi connectivity index (χ1v) is 7.78. The summed E-state index contributed by atoms with van der Waals surface area (Å²) >= 11 is 0. The van der Waals surface area contributed by atoms with Crippen LogP contribution in [0.5, 0.6) is 5.75 Å². The Kier molecular flexibility index (Phi) is 5.07. The van der Waals surface area contributed by atoms with E-state index >= 15 is 0 Å². The van der Waals surface area contributed by atoms with Crippen molar-refractivity contribution >= 4 is 17.3 Å². The molecular weight excluding hydrogens is 381 g/mol. The minimum Gasteiger partial charge on any atom is -0.463 e. The lowest BCUT2D eigenvalue weighted by atomic mass is 10.3. The lowest BCUT2D eigenvalue weighted by molar-refractivity contribution is -0.274. The number of rotatable bonds is 5. The fourth-order valence-electron chi connectivity index (χ4n) is 2.29. The lowest BCUT2D eigenvalue weighted by Crippen LogP contribution is -2.31. The fourth-order valence-corrected chi connectivity index (χ4v) is 2.29.